The second-order valence-electron chi connectivity index (χ2n) is 9.23. The van der Waals surface area contributed by atoms with Crippen LogP contribution in [0.25, 0.3) is 10.8 Å². The highest BCUT2D eigenvalue weighted by molar-refractivity contribution is 5.95. The van der Waals surface area contributed by atoms with Gasteiger partial charge in [0, 0.05) is 24.7 Å². The molecule has 0 bridgehead atoms. The monoisotopic (exact) mass is 512 g/mol. The number of para-hydroxylation sites is 1. The summed E-state index contributed by atoms with van der Waals surface area (Å²) in [5.74, 6) is -0.330. The van der Waals surface area contributed by atoms with Crippen molar-refractivity contribution < 1.29 is 24.2 Å². The summed E-state index contributed by atoms with van der Waals surface area (Å²) in [4.78, 5) is 38.5. The van der Waals surface area contributed by atoms with Crippen LogP contribution in [0.2, 0.25) is 0 Å². The Labute approximate surface area is 219 Å². The molecule has 8 nitrogen and oxygen atoms in total. The highest BCUT2D eigenvalue weighted by atomic mass is 16.5. The Balaban J connectivity index is 1.32. The van der Waals surface area contributed by atoms with Crippen molar-refractivity contribution in [2.45, 2.75) is 31.6 Å². The van der Waals surface area contributed by atoms with Gasteiger partial charge in [-0.3, -0.25) is 9.59 Å². The van der Waals surface area contributed by atoms with E-state index in [1.807, 2.05) is 72.8 Å². The van der Waals surface area contributed by atoms with Gasteiger partial charge in [0.1, 0.15) is 18.5 Å². The van der Waals surface area contributed by atoms with Gasteiger partial charge in [0.05, 0.1) is 13.2 Å². The van der Waals surface area contributed by atoms with Crippen LogP contribution in [0.4, 0.5) is 4.79 Å². The molecule has 0 aliphatic carbocycles. The summed E-state index contributed by atoms with van der Waals surface area (Å²) < 4.78 is 13.3. The summed E-state index contributed by atoms with van der Waals surface area (Å²) in [6.07, 6.45) is -0.286. The molecule has 2 unspecified atom stereocenters. The quantitative estimate of drug-likeness (QED) is 0.369. The number of rotatable bonds is 8. The van der Waals surface area contributed by atoms with Crippen LogP contribution in [0.15, 0.2) is 95.9 Å². The maximum Gasteiger partial charge on any atom is 0.414 e. The zero-order valence-electron chi connectivity index (χ0n) is 20.7. The fourth-order valence-electron chi connectivity index (χ4n) is 4.81. The van der Waals surface area contributed by atoms with Crippen molar-refractivity contribution in [3.63, 3.8) is 0 Å². The lowest BCUT2D eigenvalue weighted by atomic mass is 9.87. The first-order valence-electron chi connectivity index (χ1n) is 12.5. The number of likely N-dealkylation sites (tertiary alicyclic amines) is 1. The number of pyridine rings is 1. The maximum atomic E-state index is 13.1. The molecule has 5 rings (SSSR count). The van der Waals surface area contributed by atoms with Crippen LogP contribution in [0, 0.1) is 0 Å². The van der Waals surface area contributed by atoms with E-state index in [1.54, 1.807) is 16.8 Å². The summed E-state index contributed by atoms with van der Waals surface area (Å²) in [7, 11) is 0. The molecule has 1 aliphatic rings. The largest absolute Gasteiger partial charge is 0.492 e. The lowest BCUT2D eigenvalue weighted by molar-refractivity contribution is -0.148. The Bertz CT molecular complexity index is 1500. The van der Waals surface area contributed by atoms with E-state index in [9.17, 15) is 19.5 Å². The second-order valence-corrected chi connectivity index (χ2v) is 9.23. The van der Waals surface area contributed by atoms with E-state index in [1.165, 1.54) is 6.07 Å². The van der Waals surface area contributed by atoms with Gasteiger partial charge in [-0.25, -0.2) is 9.69 Å². The van der Waals surface area contributed by atoms with Gasteiger partial charge in [-0.1, -0.05) is 54.6 Å². The lowest BCUT2D eigenvalue weighted by Gasteiger charge is -2.35. The van der Waals surface area contributed by atoms with Crippen molar-refractivity contribution in [2.24, 2.45) is 0 Å². The molecule has 3 aromatic carbocycles. The van der Waals surface area contributed by atoms with Crippen LogP contribution in [0.1, 0.15) is 23.5 Å². The molecule has 8 heteroatoms. The van der Waals surface area contributed by atoms with Crippen molar-refractivity contribution in [2.75, 3.05) is 13.2 Å². The van der Waals surface area contributed by atoms with E-state index < -0.39 is 24.0 Å². The Morgan fingerprint density at radius 1 is 0.921 bits per heavy atom. The number of imide groups is 1. The Hall–Kier alpha value is -4.43. The molecular formula is C30H28N2O6. The van der Waals surface area contributed by atoms with E-state index in [4.69, 9.17) is 9.47 Å². The second kappa shape index (κ2) is 11.3. The molecular weight excluding hydrogens is 484 g/mol. The Morgan fingerprint density at radius 3 is 2.45 bits per heavy atom. The predicted octanol–water partition coefficient (Wildman–Crippen LogP) is 4.66. The molecule has 1 saturated heterocycles. The van der Waals surface area contributed by atoms with Crippen molar-refractivity contribution in [3.05, 3.63) is 113 Å². The zero-order valence-corrected chi connectivity index (χ0v) is 20.7. The van der Waals surface area contributed by atoms with Gasteiger partial charge in [-0.15, -0.1) is 0 Å². The molecule has 0 saturated carbocycles. The van der Waals surface area contributed by atoms with Crippen molar-refractivity contribution in [1.82, 2.24) is 9.47 Å². The number of benzene rings is 3. The van der Waals surface area contributed by atoms with Crippen molar-refractivity contribution in [3.8, 4) is 5.75 Å². The van der Waals surface area contributed by atoms with Crippen LogP contribution in [0.5, 0.6) is 5.75 Å². The number of ether oxygens (including phenoxy) is 2. The molecule has 38 heavy (non-hydrogen) atoms. The first-order chi connectivity index (χ1) is 18.5. The van der Waals surface area contributed by atoms with Gasteiger partial charge < -0.3 is 19.1 Å². The summed E-state index contributed by atoms with van der Waals surface area (Å²) >= 11 is 0. The number of aromatic nitrogens is 1. The average molecular weight is 513 g/mol. The van der Waals surface area contributed by atoms with Gasteiger partial charge in [-0.2, -0.15) is 0 Å². The minimum atomic E-state index is -1.30. The van der Waals surface area contributed by atoms with Crippen LogP contribution >= 0.6 is 0 Å². The molecule has 0 radical (unpaired) electrons. The smallest absolute Gasteiger partial charge is 0.414 e. The fraction of sp³-hybridized carbons (Fsp3) is 0.233. The predicted molar refractivity (Wildman–Crippen MR) is 142 cm³/mol. The van der Waals surface area contributed by atoms with E-state index in [2.05, 4.69) is 0 Å². The molecule has 2 amide bonds. The summed E-state index contributed by atoms with van der Waals surface area (Å²) in [6, 6.07) is 26.5. The van der Waals surface area contributed by atoms with Crippen LogP contribution in [0.3, 0.4) is 0 Å². The highest BCUT2D eigenvalue weighted by Crippen LogP contribution is 2.32. The number of amides is 2. The normalized spacial score (nSPS) is 17.5. The SMILES string of the molecule is O=C(O)N1CCC(c2ccn(CCOc3ccccc3)c(=O)c2)C(OCc2ccc3ccccc3c2)C1=O. The van der Waals surface area contributed by atoms with Gasteiger partial charge in [0.2, 0.25) is 0 Å². The summed E-state index contributed by atoms with van der Waals surface area (Å²) in [5, 5.41) is 11.7. The van der Waals surface area contributed by atoms with Crippen molar-refractivity contribution >= 4 is 22.8 Å². The van der Waals surface area contributed by atoms with E-state index in [0.29, 0.717) is 25.1 Å². The molecule has 2 heterocycles. The molecule has 0 spiro atoms. The number of hydrogen-bond donors (Lipinski definition) is 1. The molecule has 1 aliphatic heterocycles. The average Bonchev–Trinajstić information content (AvgIpc) is 2.93. The minimum Gasteiger partial charge on any atom is -0.492 e. The van der Waals surface area contributed by atoms with Crippen molar-refractivity contribution in [1.29, 1.82) is 0 Å². The van der Waals surface area contributed by atoms with Gasteiger partial charge in [0.25, 0.3) is 11.5 Å². The zero-order chi connectivity index (χ0) is 26.5. The molecule has 1 fully saturated rings. The van der Waals surface area contributed by atoms with Gasteiger partial charge in [-0.05, 0) is 52.6 Å². The van der Waals surface area contributed by atoms with E-state index in [-0.39, 0.29) is 18.7 Å². The molecule has 194 valence electrons. The number of hydrogen-bond acceptors (Lipinski definition) is 5. The van der Waals surface area contributed by atoms with Gasteiger partial charge >= 0.3 is 6.09 Å². The Kier molecular flexibility index (Phi) is 7.51. The first kappa shape index (κ1) is 25.2. The van der Waals surface area contributed by atoms with Gasteiger partial charge in [0.15, 0.2) is 0 Å². The lowest BCUT2D eigenvalue weighted by Crippen LogP contribution is -2.51. The third kappa shape index (κ3) is 5.60. The topological polar surface area (TPSA) is 98.1 Å². The maximum absolute atomic E-state index is 13.1. The number of carboxylic acid groups (broad SMARTS) is 1. The molecule has 1 aromatic heterocycles. The number of carbonyl (C=O) groups excluding carboxylic acids is 1. The number of carbonyl (C=O) groups is 2. The Morgan fingerprint density at radius 2 is 1.68 bits per heavy atom. The van der Waals surface area contributed by atoms with Crippen LogP contribution in [-0.2, 0) is 22.7 Å². The minimum absolute atomic E-state index is 0.0443. The first-order valence-corrected chi connectivity index (χ1v) is 12.5. The summed E-state index contributed by atoms with van der Waals surface area (Å²) in [6.45, 7) is 0.879. The van der Waals surface area contributed by atoms with E-state index in [0.717, 1.165) is 27.0 Å². The van der Waals surface area contributed by atoms with Crippen LogP contribution < -0.4 is 10.3 Å². The molecule has 4 aromatic rings. The summed E-state index contributed by atoms with van der Waals surface area (Å²) in [5.41, 5.74) is 1.30. The fourth-order valence-corrected chi connectivity index (χ4v) is 4.81. The number of fused-ring (bicyclic) bond motifs is 1. The molecule has 2 atom stereocenters. The third-order valence-electron chi connectivity index (χ3n) is 6.81. The standard InChI is InChI=1S/C30H28N2O6/c33-27-19-24(12-14-31(27)16-17-37-25-8-2-1-3-9-25)26-13-15-32(30(35)36)29(34)28(26)38-20-21-10-11-22-6-4-5-7-23(22)18-21/h1-12,14,18-19,26,28H,13,15-17,20H2,(H,35,36). The van der Waals surface area contributed by atoms with E-state index >= 15 is 0 Å². The highest BCUT2D eigenvalue weighted by Gasteiger charge is 2.41. The third-order valence-corrected chi connectivity index (χ3v) is 6.81. The number of nitrogens with zero attached hydrogens (tertiary/aromatic N) is 2. The number of piperidine rings is 1. The van der Waals surface area contributed by atoms with Crippen LogP contribution in [-0.4, -0.2) is 45.8 Å². The molecule has 1 N–H and O–H groups in total.